The Balaban J connectivity index is 1.45. The molecule has 4 rings (SSSR count). The van der Waals surface area contributed by atoms with E-state index in [1.165, 1.54) is 0 Å². The van der Waals surface area contributed by atoms with Gasteiger partial charge in [-0.1, -0.05) is 12.1 Å². The summed E-state index contributed by atoms with van der Waals surface area (Å²) in [7, 11) is 0. The number of benzene rings is 2. The fourth-order valence-corrected chi connectivity index (χ4v) is 4.06. The van der Waals surface area contributed by atoms with Crippen molar-refractivity contribution in [2.24, 2.45) is 5.73 Å². The van der Waals surface area contributed by atoms with Gasteiger partial charge >= 0.3 is 5.97 Å². The molecule has 11 nitrogen and oxygen atoms in total. The third-order valence-electron chi connectivity index (χ3n) is 6.01. The van der Waals surface area contributed by atoms with Crippen LogP contribution in [0.2, 0.25) is 0 Å². The normalized spacial score (nSPS) is 14.7. The summed E-state index contributed by atoms with van der Waals surface area (Å²) >= 11 is 0. The number of carboxylic acid groups (broad SMARTS) is 1. The number of piperidine rings is 1. The van der Waals surface area contributed by atoms with Crippen LogP contribution in [0.25, 0.3) is 11.0 Å². The molecule has 7 N–H and O–H groups in total. The number of carbonyl (C=O) groups excluding carboxylic acids is 2. The highest BCUT2D eigenvalue weighted by molar-refractivity contribution is 6.05. The number of carbonyl (C=O) groups is 3. The number of rotatable bonds is 10. The molecule has 2 aromatic carbocycles. The number of hydrogen-bond donors (Lipinski definition) is 6. The van der Waals surface area contributed by atoms with E-state index in [1.807, 2.05) is 0 Å². The summed E-state index contributed by atoms with van der Waals surface area (Å²) in [4.78, 5) is 36.4. The Morgan fingerprint density at radius 2 is 1.86 bits per heavy atom. The average Bonchev–Trinajstić information content (AvgIpc) is 3.32. The zero-order valence-electron chi connectivity index (χ0n) is 20.1. The van der Waals surface area contributed by atoms with Gasteiger partial charge in [0.05, 0.1) is 12.5 Å². The van der Waals surface area contributed by atoms with Crippen LogP contribution in [0.3, 0.4) is 0 Å². The molecule has 37 heavy (non-hydrogen) atoms. The van der Waals surface area contributed by atoms with Gasteiger partial charge in [-0.25, -0.2) is 0 Å². The molecule has 0 aliphatic carbocycles. The maximum absolute atomic E-state index is 12.8. The van der Waals surface area contributed by atoms with Crippen molar-refractivity contribution in [3.05, 3.63) is 65.4 Å². The van der Waals surface area contributed by atoms with Gasteiger partial charge in [0.25, 0.3) is 11.8 Å². The lowest BCUT2D eigenvalue weighted by atomic mass is 10.1. The third-order valence-corrected chi connectivity index (χ3v) is 6.01. The topological polar surface area (TPSA) is 180 Å². The van der Waals surface area contributed by atoms with E-state index >= 15 is 0 Å². The second-order valence-corrected chi connectivity index (χ2v) is 8.75. The van der Waals surface area contributed by atoms with Crippen molar-refractivity contribution in [3.8, 4) is 0 Å². The van der Waals surface area contributed by atoms with E-state index in [0.717, 1.165) is 25.9 Å². The van der Waals surface area contributed by atoms with Crippen molar-refractivity contribution in [1.29, 1.82) is 5.41 Å². The number of amides is 2. The highest BCUT2D eigenvalue weighted by Crippen LogP contribution is 2.26. The van der Waals surface area contributed by atoms with E-state index in [4.69, 9.17) is 25.4 Å². The molecule has 1 unspecified atom stereocenters. The average molecular weight is 508 g/mol. The van der Waals surface area contributed by atoms with Crippen LogP contribution in [0.15, 0.2) is 52.9 Å². The summed E-state index contributed by atoms with van der Waals surface area (Å²) in [5.41, 5.74) is 7.64. The number of fused-ring (bicyclic) bond motifs is 1. The number of amidine groups is 1. The summed E-state index contributed by atoms with van der Waals surface area (Å²) in [5, 5.41) is 25.7. The molecule has 1 aliphatic rings. The van der Waals surface area contributed by atoms with Crippen LogP contribution >= 0.6 is 0 Å². The first kappa shape index (κ1) is 25.9. The number of nitrogens with one attached hydrogen (secondary N) is 4. The van der Waals surface area contributed by atoms with Crippen molar-refractivity contribution in [3.63, 3.8) is 0 Å². The smallest absolute Gasteiger partial charge is 0.305 e. The maximum atomic E-state index is 12.8. The molecule has 2 heterocycles. The fourth-order valence-electron chi connectivity index (χ4n) is 4.06. The molecule has 1 saturated heterocycles. The monoisotopic (exact) mass is 507 g/mol. The Morgan fingerprint density at radius 3 is 2.54 bits per heavy atom. The van der Waals surface area contributed by atoms with Crippen LogP contribution in [-0.4, -0.2) is 54.5 Å². The summed E-state index contributed by atoms with van der Waals surface area (Å²) in [6.45, 7) is 1.58. The Hall–Kier alpha value is -4.22. The largest absolute Gasteiger partial charge is 0.481 e. The van der Waals surface area contributed by atoms with Crippen LogP contribution < -0.4 is 21.7 Å². The van der Waals surface area contributed by atoms with Crippen molar-refractivity contribution in [1.82, 2.24) is 10.6 Å². The number of anilines is 1. The molecule has 194 valence electrons. The first-order chi connectivity index (χ1) is 17.8. The second-order valence-electron chi connectivity index (χ2n) is 8.75. The maximum Gasteiger partial charge on any atom is 0.305 e. The second kappa shape index (κ2) is 11.7. The molecule has 11 heteroatoms. The molecule has 0 saturated carbocycles. The van der Waals surface area contributed by atoms with Crippen LogP contribution in [0, 0.1) is 5.41 Å². The standard InChI is InChI=1S/C26H29N5O6/c27-24(28)16-3-6-20-17(13-16)14-21(37-20)25(34)31-18-4-1-15(2-5-18)23(26(35)30-12-9-22(32)33)36-19-7-10-29-11-8-19/h1-6,13-14,19,23,29H,7-12H2,(H3,27,28)(H,30,35)(H,31,34)(H,32,33). The highest BCUT2D eigenvalue weighted by Gasteiger charge is 2.26. The number of aliphatic carboxylic acids is 1. The van der Waals surface area contributed by atoms with Gasteiger partial charge in [0.15, 0.2) is 11.9 Å². The van der Waals surface area contributed by atoms with Gasteiger partial charge in [0, 0.05) is 23.2 Å². The summed E-state index contributed by atoms with van der Waals surface area (Å²) in [5.74, 6) is -1.84. The minimum atomic E-state index is -1.00. The minimum Gasteiger partial charge on any atom is -0.481 e. The van der Waals surface area contributed by atoms with Gasteiger partial charge < -0.3 is 35.9 Å². The van der Waals surface area contributed by atoms with Gasteiger partial charge in [0.1, 0.15) is 11.4 Å². The molecule has 1 aromatic heterocycles. The SMILES string of the molecule is N=C(N)c1ccc2oc(C(=O)Nc3ccc(C(OC4CCNCC4)C(=O)NCCC(=O)O)cc3)cc2c1. The van der Waals surface area contributed by atoms with E-state index in [2.05, 4.69) is 16.0 Å². The highest BCUT2D eigenvalue weighted by atomic mass is 16.5. The van der Waals surface area contributed by atoms with E-state index < -0.39 is 23.9 Å². The van der Waals surface area contributed by atoms with E-state index in [9.17, 15) is 14.4 Å². The van der Waals surface area contributed by atoms with E-state index in [1.54, 1.807) is 48.5 Å². The van der Waals surface area contributed by atoms with Crippen molar-refractivity contribution < 1.29 is 28.6 Å². The number of nitrogens with two attached hydrogens (primary N) is 1. The van der Waals surface area contributed by atoms with Crippen molar-refractivity contribution in [2.75, 3.05) is 25.0 Å². The lowest BCUT2D eigenvalue weighted by Gasteiger charge is -2.28. The predicted molar refractivity (Wildman–Crippen MR) is 137 cm³/mol. The van der Waals surface area contributed by atoms with Crippen LogP contribution in [0.5, 0.6) is 0 Å². The molecule has 2 amide bonds. The lowest BCUT2D eigenvalue weighted by molar-refractivity contribution is -0.139. The zero-order valence-corrected chi connectivity index (χ0v) is 20.1. The predicted octanol–water partition coefficient (Wildman–Crippen LogP) is 2.37. The Labute approximate surface area is 212 Å². The minimum absolute atomic E-state index is 0.000198. The van der Waals surface area contributed by atoms with Crippen molar-refractivity contribution in [2.45, 2.75) is 31.5 Å². The molecular weight excluding hydrogens is 478 g/mol. The molecule has 0 radical (unpaired) electrons. The van der Waals surface area contributed by atoms with Gasteiger partial charge in [-0.05, 0) is 67.9 Å². The molecule has 0 spiro atoms. The fraction of sp³-hybridized carbons (Fsp3) is 0.308. The van der Waals surface area contributed by atoms with Gasteiger partial charge in [-0.3, -0.25) is 19.8 Å². The number of furan rings is 1. The summed E-state index contributed by atoms with van der Waals surface area (Å²) in [6.07, 6.45) is 0.325. The van der Waals surface area contributed by atoms with E-state index in [0.29, 0.717) is 27.8 Å². The van der Waals surface area contributed by atoms with Gasteiger partial charge in [-0.15, -0.1) is 0 Å². The van der Waals surface area contributed by atoms with Crippen LogP contribution in [-0.2, 0) is 14.3 Å². The summed E-state index contributed by atoms with van der Waals surface area (Å²) in [6, 6.07) is 13.3. The first-order valence-electron chi connectivity index (χ1n) is 11.9. The Kier molecular flexibility index (Phi) is 8.16. The van der Waals surface area contributed by atoms with Crippen LogP contribution in [0.1, 0.15) is 47.0 Å². The molecule has 1 fully saturated rings. The van der Waals surface area contributed by atoms with Crippen LogP contribution in [0.4, 0.5) is 5.69 Å². The molecule has 3 aromatic rings. The van der Waals surface area contributed by atoms with Crippen molar-refractivity contribution >= 4 is 40.3 Å². The molecule has 1 atom stereocenters. The first-order valence-corrected chi connectivity index (χ1v) is 11.9. The summed E-state index contributed by atoms with van der Waals surface area (Å²) < 4.78 is 11.7. The van der Waals surface area contributed by atoms with Gasteiger partial charge in [-0.2, -0.15) is 0 Å². The number of hydrogen-bond acceptors (Lipinski definition) is 7. The Morgan fingerprint density at radius 1 is 1.14 bits per heavy atom. The quantitative estimate of drug-likeness (QED) is 0.179. The number of nitrogen functional groups attached to an aromatic ring is 1. The molecular formula is C26H29N5O6. The number of ether oxygens (including phenoxy) is 1. The van der Waals surface area contributed by atoms with Gasteiger partial charge in [0.2, 0.25) is 0 Å². The zero-order chi connectivity index (χ0) is 26.4. The molecule has 1 aliphatic heterocycles. The lowest BCUT2D eigenvalue weighted by Crippen LogP contribution is -2.38. The third kappa shape index (κ3) is 6.72. The Bertz CT molecular complexity index is 1300. The molecule has 0 bridgehead atoms. The number of carboxylic acids is 1. The van der Waals surface area contributed by atoms with E-state index in [-0.39, 0.29) is 30.7 Å².